The van der Waals surface area contributed by atoms with Gasteiger partial charge >= 0.3 is 0 Å². The smallest absolute Gasteiger partial charge is 0.183 e. The third kappa shape index (κ3) is 6.54. The maximum absolute atomic E-state index is 11.3. The first-order valence-corrected chi connectivity index (χ1v) is 6.30. The van der Waals surface area contributed by atoms with E-state index in [-0.39, 0.29) is 24.8 Å². The van der Waals surface area contributed by atoms with Crippen molar-refractivity contribution >= 4 is 11.6 Å². The Morgan fingerprint density at radius 2 is 1.88 bits per heavy atom. The highest BCUT2D eigenvalue weighted by Crippen LogP contribution is 2.40. The fraction of sp³-hybridized carbons (Fsp3) is 0.846. The van der Waals surface area contributed by atoms with Crippen LogP contribution in [0.25, 0.3) is 0 Å². The Morgan fingerprint density at radius 1 is 1.18 bits per heavy atom. The van der Waals surface area contributed by atoms with Crippen LogP contribution >= 0.6 is 0 Å². The van der Waals surface area contributed by atoms with Gasteiger partial charge in [0.1, 0.15) is 19.0 Å². The molecule has 0 aliphatic heterocycles. The minimum atomic E-state index is -0.0535. The largest absolute Gasteiger partial charge is 0.373 e. The average Bonchev–Trinajstić information content (AvgIpc) is 3.03. The van der Waals surface area contributed by atoms with Crippen LogP contribution in [0.1, 0.15) is 33.1 Å². The van der Waals surface area contributed by atoms with Gasteiger partial charge in [0.05, 0.1) is 13.2 Å². The average molecular weight is 242 g/mol. The van der Waals surface area contributed by atoms with Crippen LogP contribution in [0, 0.1) is 11.8 Å². The van der Waals surface area contributed by atoms with E-state index in [0.717, 1.165) is 5.92 Å². The van der Waals surface area contributed by atoms with Gasteiger partial charge in [0.2, 0.25) is 0 Å². The molecule has 1 aliphatic rings. The summed E-state index contributed by atoms with van der Waals surface area (Å²) in [7, 11) is 0. The van der Waals surface area contributed by atoms with Crippen LogP contribution in [-0.2, 0) is 19.1 Å². The van der Waals surface area contributed by atoms with E-state index in [9.17, 15) is 9.59 Å². The number of carbonyl (C=O) groups is 2. The highest BCUT2D eigenvalue weighted by molar-refractivity contribution is 5.81. The lowest BCUT2D eigenvalue weighted by atomic mass is 10.3. The summed E-state index contributed by atoms with van der Waals surface area (Å²) in [4.78, 5) is 21.9. The van der Waals surface area contributed by atoms with Crippen LogP contribution in [0.2, 0.25) is 0 Å². The molecule has 0 saturated heterocycles. The number of ketones is 2. The van der Waals surface area contributed by atoms with E-state index in [1.54, 1.807) is 0 Å². The molecule has 1 rings (SSSR count). The quantitative estimate of drug-likeness (QED) is 0.546. The fourth-order valence-corrected chi connectivity index (χ4v) is 1.78. The van der Waals surface area contributed by atoms with Crippen LogP contribution in [-0.4, -0.2) is 38.0 Å². The zero-order valence-corrected chi connectivity index (χ0v) is 10.7. The second-order valence-electron chi connectivity index (χ2n) is 4.72. The standard InChI is InChI=1S/C13H22O4/c1-3-11-6-12(11)7-17-9-13(15)8-16-5-4-10(2)14/h11-12H,3-9H2,1-2H3. The maximum Gasteiger partial charge on any atom is 0.183 e. The molecule has 0 aromatic heterocycles. The maximum atomic E-state index is 11.3. The highest BCUT2D eigenvalue weighted by Gasteiger charge is 2.35. The van der Waals surface area contributed by atoms with Crippen molar-refractivity contribution in [2.24, 2.45) is 11.8 Å². The number of ether oxygens (including phenoxy) is 2. The summed E-state index contributed by atoms with van der Waals surface area (Å²) in [6, 6.07) is 0. The SMILES string of the molecule is CCC1CC1COCC(=O)COCCC(C)=O. The van der Waals surface area contributed by atoms with Crippen molar-refractivity contribution < 1.29 is 19.1 Å². The fourth-order valence-electron chi connectivity index (χ4n) is 1.78. The molecular weight excluding hydrogens is 220 g/mol. The first-order valence-electron chi connectivity index (χ1n) is 6.30. The van der Waals surface area contributed by atoms with E-state index in [0.29, 0.717) is 25.6 Å². The predicted octanol–water partition coefficient (Wildman–Crippen LogP) is 1.61. The predicted molar refractivity (Wildman–Crippen MR) is 63.8 cm³/mol. The van der Waals surface area contributed by atoms with Gasteiger partial charge in [-0.05, 0) is 25.2 Å². The number of hydrogen-bond donors (Lipinski definition) is 0. The van der Waals surface area contributed by atoms with Gasteiger partial charge in [-0.3, -0.25) is 9.59 Å². The van der Waals surface area contributed by atoms with Gasteiger partial charge in [-0.1, -0.05) is 13.3 Å². The molecule has 1 fully saturated rings. The molecule has 17 heavy (non-hydrogen) atoms. The topological polar surface area (TPSA) is 52.6 Å². The van der Waals surface area contributed by atoms with Crippen LogP contribution in [0.15, 0.2) is 0 Å². The van der Waals surface area contributed by atoms with Crippen molar-refractivity contribution in [3.05, 3.63) is 0 Å². The van der Waals surface area contributed by atoms with Gasteiger partial charge in [-0.25, -0.2) is 0 Å². The second-order valence-corrected chi connectivity index (χ2v) is 4.72. The van der Waals surface area contributed by atoms with Crippen molar-refractivity contribution in [3.8, 4) is 0 Å². The van der Waals surface area contributed by atoms with Gasteiger partial charge in [0.25, 0.3) is 0 Å². The lowest BCUT2D eigenvalue weighted by Crippen LogP contribution is -2.17. The Bertz CT molecular complexity index is 262. The van der Waals surface area contributed by atoms with Crippen molar-refractivity contribution in [1.82, 2.24) is 0 Å². The normalized spacial score (nSPS) is 22.5. The van der Waals surface area contributed by atoms with Crippen LogP contribution in [0.5, 0.6) is 0 Å². The van der Waals surface area contributed by atoms with Crippen molar-refractivity contribution in [1.29, 1.82) is 0 Å². The molecule has 0 aromatic carbocycles. The zero-order valence-electron chi connectivity index (χ0n) is 10.7. The summed E-state index contributed by atoms with van der Waals surface area (Å²) in [6.45, 7) is 4.88. The molecule has 0 radical (unpaired) electrons. The van der Waals surface area contributed by atoms with Gasteiger partial charge < -0.3 is 9.47 Å². The first kappa shape index (κ1) is 14.3. The summed E-state index contributed by atoms with van der Waals surface area (Å²) < 4.78 is 10.4. The van der Waals surface area contributed by atoms with E-state index < -0.39 is 0 Å². The Morgan fingerprint density at radius 3 is 2.47 bits per heavy atom. The number of carbonyl (C=O) groups excluding carboxylic acids is 2. The van der Waals surface area contributed by atoms with Gasteiger partial charge in [-0.2, -0.15) is 0 Å². The minimum Gasteiger partial charge on any atom is -0.373 e. The van der Waals surface area contributed by atoms with Gasteiger partial charge in [-0.15, -0.1) is 0 Å². The third-order valence-electron chi connectivity index (χ3n) is 3.05. The molecule has 1 aliphatic carbocycles. The molecule has 0 spiro atoms. The molecule has 0 amide bonds. The van der Waals surface area contributed by atoms with Crippen LogP contribution < -0.4 is 0 Å². The van der Waals surface area contributed by atoms with Crippen LogP contribution in [0.3, 0.4) is 0 Å². The lowest BCUT2D eigenvalue weighted by molar-refractivity contribution is -0.129. The molecule has 0 bridgehead atoms. The number of Topliss-reactive ketones (excluding diaryl/α,β-unsaturated/α-hetero) is 2. The summed E-state index contributed by atoms with van der Waals surface area (Å²) in [5, 5.41) is 0. The van der Waals surface area contributed by atoms with Crippen molar-refractivity contribution in [2.75, 3.05) is 26.4 Å². The molecular formula is C13H22O4. The summed E-state index contributed by atoms with van der Waals surface area (Å²) in [6.07, 6.45) is 2.81. The van der Waals surface area contributed by atoms with E-state index >= 15 is 0 Å². The Labute approximate surface area is 103 Å². The second kappa shape index (κ2) is 7.56. The Hall–Kier alpha value is -0.740. The minimum absolute atomic E-state index is 0.0507. The van der Waals surface area contributed by atoms with Crippen molar-refractivity contribution in [2.45, 2.75) is 33.1 Å². The third-order valence-corrected chi connectivity index (χ3v) is 3.05. The molecule has 0 aromatic rings. The van der Waals surface area contributed by atoms with E-state index in [1.807, 2.05) is 0 Å². The molecule has 0 N–H and O–H groups in total. The monoisotopic (exact) mass is 242 g/mol. The van der Waals surface area contributed by atoms with Gasteiger partial charge in [0.15, 0.2) is 5.78 Å². The summed E-state index contributed by atoms with van der Waals surface area (Å²) in [5.41, 5.74) is 0. The summed E-state index contributed by atoms with van der Waals surface area (Å²) in [5.74, 6) is 1.48. The number of rotatable bonds is 10. The van der Waals surface area contributed by atoms with Crippen LogP contribution in [0.4, 0.5) is 0 Å². The zero-order chi connectivity index (χ0) is 12.7. The van der Waals surface area contributed by atoms with E-state index in [1.165, 1.54) is 19.8 Å². The molecule has 98 valence electrons. The molecule has 1 saturated carbocycles. The highest BCUT2D eigenvalue weighted by atomic mass is 16.5. The van der Waals surface area contributed by atoms with Gasteiger partial charge in [0, 0.05) is 6.42 Å². The molecule has 2 unspecified atom stereocenters. The summed E-state index contributed by atoms with van der Waals surface area (Å²) >= 11 is 0. The molecule has 2 atom stereocenters. The Balaban J connectivity index is 1.89. The van der Waals surface area contributed by atoms with E-state index in [4.69, 9.17) is 9.47 Å². The number of hydrogen-bond acceptors (Lipinski definition) is 4. The van der Waals surface area contributed by atoms with Crippen molar-refractivity contribution in [3.63, 3.8) is 0 Å². The molecule has 4 heteroatoms. The molecule has 0 heterocycles. The van der Waals surface area contributed by atoms with E-state index in [2.05, 4.69) is 6.92 Å². The lowest BCUT2D eigenvalue weighted by Gasteiger charge is -2.04. The molecule has 4 nitrogen and oxygen atoms in total. The Kier molecular flexibility index (Phi) is 6.37. The first-order chi connectivity index (χ1) is 8.13.